The van der Waals surface area contributed by atoms with Gasteiger partial charge in [0, 0.05) is 10.6 Å². The first-order chi connectivity index (χ1) is 10.9. The number of carboxylic acid groups (broad SMARTS) is 1. The summed E-state index contributed by atoms with van der Waals surface area (Å²) in [7, 11) is -3.74. The molecule has 1 atom stereocenters. The van der Waals surface area contributed by atoms with Gasteiger partial charge in [0.2, 0.25) is 0 Å². The monoisotopic (exact) mass is 349 g/mol. The summed E-state index contributed by atoms with van der Waals surface area (Å²) >= 11 is 1.63. The third kappa shape index (κ3) is 2.82. The lowest BCUT2D eigenvalue weighted by Gasteiger charge is -2.35. The van der Waals surface area contributed by atoms with E-state index in [9.17, 15) is 13.2 Å². The standard InChI is InChI=1S/C16H15NO4S2/c1-11-10-22-15-5-3-2-4-14(15)17(11)23(20,21)13-8-6-12(7-9-13)16(18)19/h2-9,11H,10H2,1H3,(H,18,19). The molecule has 23 heavy (non-hydrogen) atoms. The van der Waals surface area contributed by atoms with Gasteiger partial charge in [0.25, 0.3) is 10.0 Å². The summed E-state index contributed by atoms with van der Waals surface area (Å²) < 4.78 is 27.4. The van der Waals surface area contributed by atoms with Gasteiger partial charge < -0.3 is 5.11 Å². The number of hydrogen-bond donors (Lipinski definition) is 1. The third-order valence-corrected chi connectivity index (χ3v) is 6.89. The fourth-order valence-electron chi connectivity index (χ4n) is 2.53. The van der Waals surface area contributed by atoms with Crippen molar-refractivity contribution in [3.05, 3.63) is 54.1 Å². The first-order valence-corrected chi connectivity index (χ1v) is 9.43. The fourth-order valence-corrected chi connectivity index (χ4v) is 5.41. The van der Waals surface area contributed by atoms with Gasteiger partial charge >= 0.3 is 5.97 Å². The van der Waals surface area contributed by atoms with Crippen molar-refractivity contribution in [2.75, 3.05) is 10.1 Å². The SMILES string of the molecule is CC1CSc2ccccc2N1S(=O)(=O)c1ccc(C(=O)O)cc1. The third-order valence-electron chi connectivity index (χ3n) is 3.64. The molecule has 0 saturated heterocycles. The maximum absolute atomic E-state index is 13.0. The molecule has 120 valence electrons. The number of hydrogen-bond acceptors (Lipinski definition) is 4. The number of fused-ring (bicyclic) bond motifs is 1. The van der Waals surface area contributed by atoms with Crippen LogP contribution in [0.5, 0.6) is 0 Å². The van der Waals surface area contributed by atoms with Crippen molar-refractivity contribution in [2.45, 2.75) is 22.8 Å². The Labute approximate surface area is 139 Å². The number of anilines is 1. The van der Waals surface area contributed by atoms with Crippen molar-refractivity contribution in [1.82, 2.24) is 0 Å². The summed E-state index contributed by atoms with van der Waals surface area (Å²) in [6.45, 7) is 1.87. The van der Waals surface area contributed by atoms with Crippen LogP contribution in [-0.2, 0) is 10.0 Å². The molecule has 0 aliphatic carbocycles. The Hall–Kier alpha value is -1.99. The minimum atomic E-state index is -3.74. The molecule has 0 bridgehead atoms. The molecule has 1 unspecified atom stereocenters. The smallest absolute Gasteiger partial charge is 0.335 e. The van der Waals surface area contributed by atoms with Gasteiger partial charge in [-0.15, -0.1) is 11.8 Å². The van der Waals surface area contributed by atoms with Crippen molar-refractivity contribution in [3.8, 4) is 0 Å². The molecule has 0 amide bonds. The van der Waals surface area contributed by atoms with Crippen LogP contribution in [0, 0.1) is 0 Å². The summed E-state index contributed by atoms with van der Waals surface area (Å²) in [4.78, 5) is 11.9. The highest BCUT2D eigenvalue weighted by Crippen LogP contribution is 2.40. The van der Waals surface area contributed by atoms with E-state index >= 15 is 0 Å². The highest BCUT2D eigenvalue weighted by Gasteiger charge is 2.34. The van der Waals surface area contributed by atoms with Crippen molar-refractivity contribution in [3.63, 3.8) is 0 Å². The first-order valence-electron chi connectivity index (χ1n) is 7.01. The highest BCUT2D eigenvalue weighted by atomic mass is 32.2. The number of carbonyl (C=O) groups is 1. The highest BCUT2D eigenvalue weighted by molar-refractivity contribution is 8.00. The van der Waals surface area contributed by atoms with E-state index in [-0.39, 0.29) is 16.5 Å². The largest absolute Gasteiger partial charge is 0.478 e. The molecule has 1 aliphatic rings. The van der Waals surface area contributed by atoms with Crippen LogP contribution in [0.15, 0.2) is 58.3 Å². The molecule has 3 rings (SSSR count). The van der Waals surface area contributed by atoms with Gasteiger partial charge in [0.05, 0.1) is 22.2 Å². The van der Waals surface area contributed by atoms with Crippen molar-refractivity contribution in [2.24, 2.45) is 0 Å². The number of nitrogens with zero attached hydrogens (tertiary/aromatic N) is 1. The Morgan fingerprint density at radius 1 is 1.17 bits per heavy atom. The Bertz CT molecular complexity index is 847. The summed E-state index contributed by atoms with van der Waals surface area (Å²) in [6, 6.07) is 12.5. The molecule has 0 saturated carbocycles. The Balaban J connectivity index is 2.07. The molecule has 2 aromatic carbocycles. The Morgan fingerprint density at radius 3 is 2.48 bits per heavy atom. The number of aromatic carboxylic acids is 1. The maximum Gasteiger partial charge on any atom is 0.335 e. The predicted octanol–water partition coefficient (Wildman–Crippen LogP) is 3.07. The second-order valence-electron chi connectivity index (χ2n) is 5.26. The number of rotatable bonds is 3. The number of thioether (sulfide) groups is 1. The van der Waals surface area contributed by atoms with Gasteiger partial charge in [-0.05, 0) is 43.3 Å². The number of carboxylic acids is 1. The first kappa shape index (κ1) is 15.9. The van der Waals surface area contributed by atoms with Crippen LogP contribution in [0.25, 0.3) is 0 Å². The molecule has 0 spiro atoms. The molecule has 2 aromatic rings. The van der Waals surface area contributed by atoms with E-state index in [1.807, 2.05) is 25.1 Å². The lowest BCUT2D eigenvalue weighted by molar-refractivity contribution is 0.0696. The normalized spacial score (nSPS) is 17.6. The van der Waals surface area contributed by atoms with E-state index in [0.29, 0.717) is 11.4 Å². The van der Waals surface area contributed by atoms with E-state index in [1.165, 1.54) is 28.6 Å². The van der Waals surface area contributed by atoms with E-state index < -0.39 is 16.0 Å². The Kier molecular flexibility index (Phi) is 4.08. The van der Waals surface area contributed by atoms with E-state index in [4.69, 9.17) is 5.11 Å². The molecular formula is C16H15NO4S2. The van der Waals surface area contributed by atoms with Crippen LogP contribution in [0.1, 0.15) is 17.3 Å². The topological polar surface area (TPSA) is 74.7 Å². The minimum Gasteiger partial charge on any atom is -0.478 e. The lowest BCUT2D eigenvalue weighted by Crippen LogP contribution is -2.42. The van der Waals surface area contributed by atoms with Gasteiger partial charge in [0.1, 0.15) is 0 Å². The van der Waals surface area contributed by atoms with Gasteiger partial charge in [-0.3, -0.25) is 4.31 Å². The van der Waals surface area contributed by atoms with E-state index in [1.54, 1.807) is 17.8 Å². The molecule has 1 aliphatic heterocycles. The summed E-state index contributed by atoms with van der Waals surface area (Å²) in [5.74, 6) is -0.411. The number of benzene rings is 2. The number of sulfonamides is 1. The van der Waals surface area contributed by atoms with Crippen LogP contribution in [-0.4, -0.2) is 31.3 Å². The molecule has 5 nitrogen and oxygen atoms in total. The van der Waals surface area contributed by atoms with Crippen LogP contribution in [0.2, 0.25) is 0 Å². The van der Waals surface area contributed by atoms with Gasteiger partial charge in [0.15, 0.2) is 0 Å². The van der Waals surface area contributed by atoms with Crippen LogP contribution >= 0.6 is 11.8 Å². The van der Waals surface area contributed by atoms with Gasteiger partial charge in [-0.25, -0.2) is 13.2 Å². The summed E-state index contributed by atoms with van der Waals surface area (Å²) in [5.41, 5.74) is 0.727. The fraction of sp³-hybridized carbons (Fsp3) is 0.188. The number of para-hydroxylation sites is 1. The average Bonchev–Trinajstić information content (AvgIpc) is 2.54. The molecule has 0 aromatic heterocycles. The lowest BCUT2D eigenvalue weighted by atomic mass is 10.2. The second-order valence-corrected chi connectivity index (χ2v) is 8.13. The minimum absolute atomic E-state index is 0.0617. The van der Waals surface area contributed by atoms with Crippen LogP contribution < -0.4 is 4.31 Å². The molecule has 0 fully saturated rings. The molecule has 1 heterocycles. The van der Waals surface area contributed by atoms with E-state index in [0.717, 1.165) is 4.90 Å². The zero-order valence-corrected chi connectivity index (χ0v) is 14.0. The molecule has 1 N–H and O–H groups in total. The molecule has 7 heteroatoms. The van der Waals surface area contributed by atoms with Gasteiger partial charge in [-0.2, -0.15) is 0 Å². The summed E-state index contributed by atoms with van der Waals surface area (Å²) in [6.07, 6.45) is 0. The maximum atomic E-state index is 13.0. The quantitative estimate of drug-likeness (QED) is 0.922. The van der Waals surface area contributed by atoms with Crippen LogP contribution in [0.3, 0.4) is 0 Å². The molecular weight excluding hydrogens is 334 g/mol. The van der Waals surface area contributed by atoms with Gasteiger partial charge in [-0.1, -0.05) is 12.1 Å². The van der Waals surface area contributed by atoms with E-state index in [2.05, 4.69) is 0 Å². The van der Waals surface area contributed by atoms with Crippen molar-refractivity contribution >= 4 is 33.4 Å². The zero-order chi connectivity index (χ0) is 16.6. The predicted molar refractivity (Wildman–Crippen MR) is 89.7 cm³/mol. The Morgan fingerprint density at radius 2 is 1.83 bits per heavy atom. The van der Waals surface area contributed by atoms with Crippen LogP contribution in [0.4, 0.5) is 5.69 Å². The van der Waals surface area contributed by atoms with Crippen molar-refractivity contribution in [1.29, 1.82) is 0 Å². The zero-order valence-electron chi connectivity index (χ0n) is 12.3. The molecule has 0 radical (unpaired) electrons. The average molecular weight is 349 g/mol. The second kappa shape index (κ2) is 5.90. The summed E-state index contributed by atoms with van der Waals surface area (Å²) in [5, 5.41) is 8.94. The van der Waals surface area contributed by atoms with Crippen molar-refractivity contribution < 1.29 is 18.3 Å².